The summed E-state index contributed by atoms with van der Waals surface area (Å²) in [6.45, 7) is 4.18. The van der Waals surface area contributed by atoms with Crippen LogP contribution in [0.2, 0.25) is 0 Å². The van der Waals surface area contributed by atoms with Gasteiger partial charge in [-0.25, -0.2) is 8.42 Å². The van der Waals surface area contributed by atoms with Crippen molar-refractivity contribution < 1.29 is 22.7 Å². The van der Waals surface area contributed by atoms with Gasteiger partial charge in [-0.05, 0) is 47.9 Å². The molecule has 1 aliphatic rings. The largest absolute Gasteiger partial charge is 0.493 e. The third kappa shape index (κ3) is 4.45. The van der Waals surface area contributed by atoms with Crippen LogP contribution >= 0.6 is 0 Å². The minimum absolute atomic E-state index is 0.141. The summed E-state index contributed by atoms with van der Waals surface area (Å²) in [5, 5.41) is 1.18. The van der Waals surface area contributed by atoms with Gasteiger partial charge in [-0.15, -0.1) is 0 Å². The van der Waals surface area contributed by atoms with Crippen LogP contribution in [0.25, 0.3) is 0 Å². The van der Waals surface area contributed by atoms with Crippen molar-refractivity contribution in [2.45, 2.75) is 25.8 Å². The van der Waals surface area contributed by atoms with Gasteiger partial charge in [0.1, 0.15) is 0 Å². The number of nitrogens with zero attached hydrogens (tertiary/aromatic N) is 1. The molecule has 1 atom stereocenters. The van der Waals surface area contributed by atoms with Crippen LogP contribution in [0.1, 0.15) is 35.7 Å². The van der Waals surface area contributed by atoms with Gasteiger partial charge < -0.3 is 14.4 Å². The number of amides is 1. The number of sulfone groups is 1. The number of benzene rings is 2. The lowest BCUT2D eigenvalue weighted by Crippen LogP contribution is -2.41. The van der Waals surface area contributed by atoms with Crippen molar-refractivity contribution in [1.82, 2.24) is 0 Å². The van der Waals surface area contributed by atoms with Gasteiger partial charge in [0.05, 0.1) is 26.0 Å². The summed E-state index contributed by atoms with van der Waals surface area (Å²) in [5.74, 6) is 0.849. The maximum Gasteiger partial charge on any atom is 0.258 e. The molecule has 1 amide bonds. The molecule has 0 saturated carbocycles. The monoisotopic (exact) mass is 415 g/mol. The number of hydrogen-bond donors (Lipinski definition) is 0. The molecule has 2 aromatic carbocycles. The Labute approximate surface area is 171 Å². The molecule has 3 rings (SSSR count). The average molecular weight is 416 g/mol. The number of ether oxygens (including phenoxy) is 2. The van der Waals surface area contributed by atoms with E-state index in [4.69, 9.17) is 9.47 Å². The third-order valence-corrected chi connectivity index (χ3v) is 6.31. The van der Waals surface area contributed by atoms with Crippen LogP contribution in [-0.4, -0.2) is 40.3 Å². The lowest BCUT2D eigenvalue weighted by molar-refractivity contribution is 0.0982. The van der Waals surface area contributed by atoms with Crippen LogP contribution in [0.5, 0.6) is 11.5 Å². The van der Waals surface area contributed by atoms with Crippen LogP contribution in [0.15, 0.2) is 53.9 Å². The zero-order valence-corrected chi connectivity index (χ0v) is 17.8. The van der Waals surface area contributed by atoms with E-state index >= 15 is 0 Å². The molecule has 0 unspecified atom stereocenters. The molecule has 1 aliphatic heterocycles. The molecule has 0 aliphatic carbocycles. The third-order valence-electron chi connectivity index (χ3n) is 4.93. The van der Waals surface area contributed by atoms with Gasteiger partial charge in [0.25, 0.3) is 5.91 Å². The van der Waals surface area contributed by atoms with E-state index < -0.39 is 15.9 Å². The van der Waals surface area contributed by atoms with E-state index in [1.807, 2.05) is 24.3 Å². The number of anilines is 1. The summed E-state index contributed by atoms with van der Waals surface area (Å²) in [5.41, 5.74) is 2.16. The lowest BCUT2D eigenvalue weighted by atomic mass is 10.0. The van der Waals surface area contributed by atoms with Gasteiger partial charge >= 0.3 is 0 Å². The highest BCUT2D eigenvalue weighted by Crippen LogP contribution is 2.31. The van der Waals surface area contributed by atoms with Crippen molar-refractivity contribution in [3.8, 4) is 11.5 Å². The summed E-state index contributed by atoms with van der Waals surface area (Å²) in [6.07, 6.45) is 1.56. The van der Waals surface area contributed by atoms with E-state index in [0.29, 0.717) is 28.7 Å². The average Bonchev–Trinajstić information content (AvgIpc) is 3.07. The SMILES string of the molecule is COc1ccc(C(=O)N(c2ccc(C(C)C)cc2)[C@@H]2C=CS(=O)(=O)C2)cc1OC. The maximum atomic E-state index is 13.4. The summed E-state index contributed by atoms with van der Waals surface area (Å²) in [6, 6.07) is 12.0. The molecule has 2 aromatic rings. The molecule has 0 radical (unpaired) electrons. The Morgan fingerprint density at radius 2 is 1.69 bits per heavy atom. The molecule has 0 fully saturated rings. The van der Waals surface area contributed by atoms with Crippen molar-refractivity contribution in [1.29, 1.82) is 0 Å². The summed E-state index contributed by atoms with van der Waals surface area (Å²) >= 11 is 0. The normalized spacial score (nSPS) is 17.3. The molecule has 0 spiro atoms. The van der Waals surface area contributed by atoms with Gasteiger partial charge in [-0.3, -0.25) is 4.79 Å². The Morgan fingerprint density at radius 3 is 2.21 bits per heavy atom. The smallest absolute Gasteiger partial charge is 0.258 e. The molecule has 29 heavy (non-hydrogen) atoms. The molecule has 7 heteroatoms. The first-order valence-electron chi connectivity index (χ1n) is 9.32. The quantitative estimate of drug-likeness (QED) is 0.718. The Bertz CT molecular complexity index is 1030. The Hall–Kier alpha value is -2.80. The van der Waals surface area contributed by atoms with Crippen LogP contribution in [0, 0.1) is 0 Å². The number of carbonyl (C=O) groups excluding carboxylic acids is 1. The van der Waals surface area contributed by atoms with Crippen molar-refractivity contribution >= 4 is 21.4 Å². The number of rotatable bonds is 6. The molecule has 0 aromatic heterocycles. The highest BCUT2D eigenvalue weighted by molar-refractivity contribution is 7.94. The fourth-order valence-corrected chi connectivity index (χ4v) is 4.58. The summed E-state index contributed by atoms with van der Waals surface area (Å²) in [4.78, 5) is 15.0. The highest BCUT2D eigenvalue weighted by atomic mass is 32.2. The van der Waals surface area contributed by atoms with E-state index in [1.165, 1.54) is 24.5 Å². The molecule has 0 saturated heterocycles. The molecule has 1 heterocycles. The van der Waals surface area contributed by atoms with Gasteiger partial charge in [-0.2, -0.15) is 0 Å². The topological polar surface area (TPSA) is 72.9 Å². The molecular weight excluding hydrogens is 390 g/mol. The maximum absolute atomic E-state index is 13.4. The summed E-state index contributed by atoms with van der Waals surface area (Å²) < 4.78 is 34.5. The number of methoxy groups -OCH3 is 2. The van der Waals surface area contributed by atoms with Gasteiger partial charge in [0.2, 0.25) is 0 Å². The van der Waals surface area contributed by atoms with Crippen molar-refractivity contribution in [2.75, 3.05) is 24.9 Å². The Kier molecular flexibility index (Phi) is 5.98. The second-order valence-corrected chi connectivity index (χ2v) is 9.15. The van der Waals surface area contributed by atoms with E-state index in [9.17, 15) is 13.2 Å². The van der Waals surface area contributed by atoms with Crippen LogP contribution in [0.3, 0.4) is 0 Å². The van der Waals surface area contributed by atoms with Gasteiger partial charge in [0, 0.05) is 16.7 Å². The zero-order valence-electron chi connectivity index (χ0n) is 17.0. The fraction of sp³-hybridized carbons (Fsp3) is 0.318. The van der Waals surface area contributed by atoms with E-state index in [0.717, 1.165) is 5.56 Å². The minimum Gasteiger partial charge on any atom is -0.493 e. The van der Waals surface area contributed by atoms with Crippen molar-refractivity contribution in [3.63, 3.8) is 0 Å². The molecular formula is C22H25NO5S. The van der Waals surface area contributed by atoms with Gasteiger partial charge in [0.15, 0.2) is 21.3 Å². The molecule has 0 N–H and O–H groups in total. The Morgan fingerprint density at radius 1 is 1.03 bits per heavy atom. The molecule has 0 bridgehead atoms. The number of hydrogen-bond acceptors (Lipinski definition) is 5. The standard InChI is InChI=1S/C22H25NO5S/c1-15(2)16-5-8-18(9-6-16)23(19-11-12-29(25,26)14-19)22(24)17-7-10-20(27-3)21(13-17)28-4/h5-13,15,19H,14H2,1-4H3/t19-/m1/s1. The predicted molar refractivity (Wildman–Crippen MR) is 114 cm³/mol. The molecule has 6 nitrogen and oxygen atoms in total. The fourth-order valence-electron chi connectivity index (χ4n) is 3.31. The first-order valence-corrected chi connectivity index (χ1v) is 11.0. The first kappa shape index (κ1) is 20.9. The van der Waals surface area contributed by atoms with Crippen LogP contribution in [0.4, 0.5) is 5.69 Å². The highest BCUT2D eigenvalue weighted by Gasteiger charge is 2.32. The first-order chi connectivity index (χ1) is 13.8. The van der Waals surface area contributed by atoms with Crippen LogP contribution < -0.4 is 14.4 Å². The van der Waals surface area contributed by atoms with Crippen molar-refractivity contribution in [3.05, 3.63) is 65.1 Å². The number of carbonyl (C=O) groups is 1. The second-order valence-electron chi connectivity index (χ2n) is 7.22. The van der Waals surface area contributed by atoms with E-state index in [1.54, 1.807) is 24.3 Å². The van der Waals surface area contributed by atoms with Crippen molar-refractivity contribution in [2.24, 2.45) is 0 Å². The summed E-state index contributed by atoms with van der Waals surface area (Å²) in [7, 11) is -0.304. The predicted octanol–water partition coefficient (Wildman–Crippen LogP) is 3.78. The molecule has 154 valence electrons. The Balaban J connectivity index is 2.03. The van der Waals surface area contributed by atoms with E-state index in [-0.39, 0.29) is 11.7 Å². The lowest BCUT2D eigenvalue weighted by Gasteiger charge is -2.28. The van der Waals surface area contributed by atoms with E-state index in [2.05, 4.69) is 13.8 Å². The minimum atomic E-state index is -3.33. The zero-order chi connectivity index (χ0) is 21.2. The second kappa shape index (κ2) is 8.29. The van der Waals surface area contributed by atoms with Gasteiger partial charge in [-0.1, -0.05) is 26.0 Å². The van der Waals surface area contributed by atoms with Crippen LogP contribution in [-0.2, 0) is 9.84 Å².